The van der Waals surface area contributed by atoms with Crippen LogP contribution in [0, 0.1) is 5.82 Å². The predicted octanol–water partition coefficient (Wildman–Crippen LogP) is 4.98. The van der Waals surface area contributed by atoms with Crippen LogP contribution in [-0.2, 0) is 4.79 Å². The van der Waals surface area contributed by atoms with E-state index in [9.17, 15) is 9.18 Å². The zero-order chi connectivity index (χ0) is 17.5. The number of amides is 1. The summed E-state index contributed by atoms with van der Waals surface area (Å²) in [5.41, 5.74) is 1.98. The fraction of sp³-hybridized carbons (Fsp3) is 0.211. The van der Waals surface area contributed by atoms with Crippen LogP contribution in [0.5, 0.6) is 0 Å². The summed E-state index contributed by atoms with van der Waals surface area (Å²) >= 11 is 5.92. The van der Waals surface area contributed by atoms with E-state index in [0.29, 0.717) is 5.69 Å². The molecule has 3 nitrogen and oxygen atoms in total. The molecule has 1 amide bonds. The Hall–Kier alpha value is -2.33. The third-order valence-electron chi connectivity index (χ3n) is 3.66. The van der Waals surface area contributed by atoms with Crippen molar-refractivity contribution in [3.05, 3.63) is 64.9 Å². The van der Waals surface area contributed by atoms with E-state index in [1.807, 2.05) is 24.3 Å². The van der Waals surface area contributed by atoms with E-state index in [4.69, 9.17) is 11.6 Å². The van der Waals surface area contributed by atoms with Crippen LogP contribution < -0.4 is 10.2 Å². The van der Waals surface area contributed by atoms with Crippen molar-refractivity contribution in [3.63, 3.8) is 0 Å². The Bertz CT molecular complexity index is 704. The molecule has 0 saturated carbocycles. The number of anilines is 2. The summed E-state index contributed by atoms with van der Waals surface area (Å²) < 4.78 is 13.6. The van der Waals surface area contributed by atoms with Crippen LogP contribution in [0.3, 0.4) is 0 Å². The van der Waals surface area contributed by atoms with Crippen LogP contribution in [0.1, 0.15) is 19.4 Å². The number of hydrogen-bond donors (Lipinski definition) is 1. The van der Waals surface area contributed by atoms with E-state index in [1.165, 1.54) is 24.3 Å². The number of nitrogens with zero attached hydrogens (tertiary/aromatic N) is 1. The Morgan fingerprint density at radius 1 is 1.17 bits per heavy atom. The molecule has 0 aromatic heterocycles. The molecule has 0 radical (unpaired) electrons. The lowest BCUT2D eigenvalue weighted by Crippen LogP contribution is -2.21. The van der Waals surface area contributed by atoms with Crippen molar-refractivity contribution < 1.29 is 9.18 Å². The van der Waals surface area contributed by atoms with Crippen LogP contribution >= 0.6 is 11.6 Å². The summed E-state index contributed by atoms with van der Waals surface area (Å²) in [5, 5.41) is 3.01. The van der Waals surface area contributed by atoms with Gasteiger partial charge in [-0.25, -0.2) is 4.39 Å². The second kappa shape index (κ2) is 8.50. The minimum Gasteiger partial charge on any atom is -0.372 e. The van der Waals surface area contributed by atoms with Crippen molar-refractivity contribution in [1.82, 2.24) is 0 Å². The smallest absolute Gasteiger partial charge is 0.248 e. The first kappa shape index (κ1) is 18.0. The number of benzene rings is 2. The lowest BCUT2D eigenvalue weighted by Gasteiger charge is -2.21. The van der Waals surface area contributed by atoms with Crippen molar-refractivity contribution in [1.29, 1.82) is 0 Å². The topological polar surface area (TPSA) is 32.3 Å². The van der Waals surface area contributed by atoms with Crippen LogP contribution in [0.15, 0.2) is 48.5 Å². The molecule has 0 aliphatic carbocycles. The van der Waals surface area contributed by atoms with Crippen LogP contribution in [0.4, 0.5) is 15.8 Å². The summed E-state index contributed by atoms with van der Waals surface area (Å²) in [6.07, 6.45) is 2.64. The average molecular weight is 347 g/mol. The van der Waals surface area contributed by atoms with Gasteiger partial charge in [-0.1, -0.05) is 17.7 Å². The van der Waals surface area contributed by atoms with Gasteiger partial charge in [0.1, 0.15) is 5.82 Å². The fourth-order valence-electron chi connectivity index (χ4n) is 2.36. The van der Waals surface area contributed by atoms with E-state index >= 15 is 0 Å². The highest BCUT2D eigenvalue weighted by molar-refractivity contribution is 6.32. The highest BCUT2D eigenvalue weighted by atomic mass is 35.5. The SMILES string of the molecule is CCN(CC)c1ccc(NC(=O)/C=C/c2c(F)cccc2Cl)cc1. The van der Waals surface area contributed by atoms with Crippen LogP contribution in [-0.4, -0.2) is 19.0 Å². The van der Waals surface area contributed by atoms with E-state index in [2.05, 4.69) is 24.1 Å². The highest BCUT2D eigenvalue weighted by Crippen LogP contribution is 2.21. The van der Waals surface area contributed by atoms with Gasteiger partial charge in [0.2, 0.25) is 5.91 Å². The number of rotatable bonds is 6. The molecule has 0 atom stereocenters. The summed E-state index contributed by atoms with van der Waals surface area (Å²) in [7, 11) is 0. The number of hydrogen-bond acceptors (Lipinski definition) is 2. The molecule has 2 aromatic rings. The van der Waals surface area contributed by atoms with Gasteiger partial charge in [-0.05, 0) is 56.3 Å². The van der Waals surface area contributed by atoms with Crippen molar-refractivity contribution in [2.75, 3.05) is 23.3 Å². The van der Waals surface area contributed by atoms with E-state index in [-0.39, 0.29) is 16.5 Å². The van der Waals surface area contributed by atoms with Crippen molar-refractivity contribution >= 4 is 35.0 Å². The predicted molar refractivity (Wildman–Crippen MR) is 99.1 cm³/mol. The zero-order valence-corrected chi connectivity index (χ0v) is 14.5. The van der Waals surface area contributed by atoms with Crippen molar-refractivity contribution in [2.24, 2.45) is 0 Å². The second-order valence-corrected chi connectivity index (χ2v) is 5.58. The summed E-state index contributed by atoms with van der Waals surface area (Å²) in [5.74, 6) is -0.806. The second-order valence-electron chi connectivity index (χ2n) is 5.18. The van der Waals surface area contributed by atoms with Gasteiger partial charge in [0.05, 0.1) is 5.02 Å². The molecule has 1 N–H and O–H groups in total. The maximum Gasteiger partial charge on any atom is 0.248 e. The Morgan fingerprint density at radius 3 is 2.42 bits per heavy atom. The third-order valence-corrected chi connectivity index (χ3v) is 3.99. The van der Waals surface area contributed by atoms with E-state index in [0.717, 1.165) is 18.8 Å². The Balaban J connectivity index is 2.03. The normalized spacial score (nSPS) is 10.8. The van der Waals surface area contributed by atoms with Gasteiger partial charge in [-0.3, -0.25) is 4.79 Å². The molecule has 0 saturated heterocycles. The van der Waals surface area contributed by atoms with Gasteiger partial charge >= 0.3 is 0 Å². The first-order chi connectivity index (χ1) is 11.5. The minimum atomic E-state index is -0.463. The molecule has 24 heavy (non-hydrogen) atoms. The maximum atomic E-state index is 13.6. The van der Waals surface area contributed by atoms with Crippen LogP contribution in [0.25, 0.3) is 6.08 Å². The minimum absolute atomic E-state index is 0.200. The quantitative estimate of drug-likeness (QED) is 0.748. The summed E-state index contributed by atoms with van der Waals surface area (Å²) in [4.78, 5) is 14.2. The monoisotopic (exact) mass is 346 g/mol. The molecule has 0 aliphatic heterocycles. The molecule has 0 spiro atoms. The maximum absolute atomic E-state index is 13.6. The van der Waals surface area contributed by atoms with Crippen molar-refractivity contribution in [2.45, 2.75) is 13.8 Å². The molecule has 0 aliphatic rings. The highest BCUT2D eigenvalue weighted by Gasteiger charge is 2.05. The lowest BCUT2D eigenvalue weighted by atomic mass is 10.2. The van der Waals surface area contributed by atoms with Gasteiger partial charge < -0.3 is 10.2 Å². The van der Waals surface area contributed by atoms with Gasteiger partial charge in [-0.2, -0.15) is 0 Å². The Morgan fingerprint density at radius 2 is 1.83 bits per heavy atom. The molecule has 0 heterocycles. The molecular weight excluding hydrogens is 327 g/mol. The van der Waals surface area contributed by atoms with Gasteiger partial charge in [0.25, 0.3) is 0 Å². The van der Waals surface area contributed by atoms with Gasteiger partial charge in [-0.15, -0.1) is 0 Å². The third kappa shape index (κ3) is 4.59. The van der Waals surface area contributed by atoms with Crippen molar-refractivity contribution in [3.8, 4) is 0 Å². The lowest BCUT2D eigenvalue weighted by molar-refractivity contribution is -0.111. The molecule has 126 valence electrons. The molecule has 5 heteroatoms. The van der Waals surface area contributed by atoms with Gasteiger partial charge in [0.15, 0.2) is 0 Å². The van der Waals surface area contributed by atoms with E-state index in [1.54, 1.807) is 6.07 Å². The number of carbonyl (C=O) groups excluding carboxylic acids is 1. The van der Waals surface area contributed by atoms with Gasteiger partial charge in [0, 0.05) is 36.1 Å². The fourth-order valence-corrected chi connectivity index (χ4v) is 2.58. The van der Waals surface area contributed by atoms with Crippen LogP contribution in [0.2, 0.25) is 5.02 Å². The molecule has 0 fully saturated rings. The zero-order valence-electron chi connectivity index (χ0n) is 13.7. The Labute approximate surface area is 146 Å². The molecule has 2 aromatic carbocycles. The number of nitrogens with one attached hydrogen (secondary N) is 1. The largest absolute Gasteiger partial charge is 0.372 e. The average Bonchev–Trinajstić information content (AvgIpc) is 2.57. The number of carbonyl (C=O) groups is 1. The number of halogens is 2. The molecule has 0 unspecified atom stereocenters. The standard InChI is InChI=1S/C19H20ClFN2O/c1-3-23(4-2)15-10-8-14(9-11-15)22-19(24)13-12-16-17(20)6-5-7-18(16)21/h5-13H,3-4H2,1-2H3,(H,22,24)/b13-12+. The van der Waals surface area contributed by atoms with E-state index < -0.39 is 5.82 Å². The summed E-state index contributed by atoms with van der Waals surface area (Å²) in [6.45, 7) is 6.04. The molecule has 0 bridgehead atoms. The first-order valence-corrected chi connectivity index (χ1v) is 8.21. The molecule has 2 rings (SSSR count). The summed E-state index contributed by atoms with van der Waals surface area (Å²) in [6, 6.07) is 12.0. The first-order valence-electron chi connectivity index (χ1n) is 7.83. The Kier molecular flexibility index (Phi) is 6.38. The molecular formula is C19H20ClFN2O.